The van der Waals surface area contributed by atoms with E-state index in [2.05, 4.69) is 10.4 Å². The lowest BCUT2D eigenvalue weighted by Crippen LogP contribution is -2.39. The minimum absolute atomic E-state index is 0.0152. The fourth-order valence-corrected chi connectivity index (χ4v) is 5.29. The van der Waals surface area contributed by atoms with Gasteiger partial charge in [-0.25, -0.2) is 13.2 Å². The van der Waals surface area contributed by atoms with Crippen LogP contribution in [0.1, 0.15) is 41.0 Å². The molecule has 0 radical (unpaired) electrons. The smallest absolute Gasteiger partial charge is 0.256 e. The van der Waals surface area contributed by atoms with Gasteiger partial charge in [0.1, 0.15) is 23.2 Å². The first-order valence-electron chi connectivity index (χ1n) is 11.8. The average Bonchev–Trinajstić information content (AvgIpc) is 3.41. The predicted octanol–water partition coefficient (Wildman–Crippen LogP) is 4.43. The van der Waals surface area contributed by atoms with Gasteiger partial charge in [-0.2, -0.15) is 5.10 Å². The summed E-state index contributed by atoms with van der Waals surface area (Å²) in [6.07, 6.45) is 0.687. The van der Waals surface area contributed by atoms with Gasteiger partial charge in [-0.05, 0) is 31.5 Å². The normalized spacial score (nSPS) is 19.1. The Morgan fingerprint density at radius 2 is 1.86 bits per heavy atom. The number of fused-ring (bicyclic) bond motifs is 1. The van der Waals surface area contributed by atoms with Crippen molar-refractivity contribution < 1.29 is 27.5 Å². The van der Waals surface area contributed by atoms with Crippen molar-refractivity contribution in [2.24, 2.45) is 13.0 Å². The van der Waals surface area contributed by atoms with Crippen LogP contribution in [0.15, 0.2) is 30.3 Å². The van der Waals surface area contributed by atoms with Crippen LogP contribution in [0, 0.1) is 23.4 Å². The largest absolute Gasteiger partial charge is 0.492 e. The third-order valence-electron chi connectivity index (χ3n) is 6.81. The Hall–Kier alpha value is -3.53. The van der Waals surface area contributed by atoms with Crippen molar-refractivity contribution in [3.8, 4) is 17.0 Å². The van der Waals surface area contributed by atoms with E-state index in [4.69, 9.17) is 16.3 Å². The number of carbonyl (C=O) groups is 2. The summed E-state index contributed by atoms with van der Waals surface area (Å²) in [6.45, 7) is 2.66. The van der Waals surface area contributed by atoms with Crippen LogP contribution in [-0.4, -0.2) is 46.2 Å². The Morgan fingerprint density at radius 3 is 2.54 bits per heavy atom. The van der Waals surface area contributed by atoms with Gasteiger partial charge in [-0.15, -0.1) is 0 Å². The third-order valence-corrected chi connectivity index (χ3v) is 7.20. The van der Waals surface area contributed by atoms with Crippen LogP contribution in [0.3, 0.4) is 0 Å². The number of halogens is 4. The summed E-state index contributed by atoms with van der Waals surface area (Å²) in [4.78, 5) is 26.5. The molecule has 0 bridgehead atoms. The topological polar surface area (TPSA) is 76.5 Å². The van der Waals surface area contributed by atoms with E-state index in [9.17, 15) is 22.8 Å². The molecule has 0 aliphatic carbocycles. The lowest BCUT2D eigenvalue weighted by atomic mass is 9.95. The molecule has 11 heteroatoms. The molecule has 2 atom stereocenters. The number of ether oxygens (including phenoxy) is 1. The molecular formula is C26H24ClF3N4O3. The van der Waals surface area contributed by atoms with Crippen molar-refractivity contribution in [1.82, 2.24) is 20.0 Å². The van der Waals surface area contributed by atoms with E-state index >= 15 is 0 Å². The number of carbonyl (C=O) groups excluding carboxylic acids is 2. The van der Waals surface area contributed by atoms with Gasteiger partial charge < -0.3 is 15.0 Å². The average molecular weight is 533 g/mol. The summed E-state index contributed by atoms with van der Waals surface area (Å²) in [7, 11) is 1.68. The van der Waals surface area contributed by atoms with E-state index in [0.717, 1.165) is 23.8 Å². The van der Waals surface area contributed by atoms with Crippen LogP contribution in [0.2, 0.25) is 5.02 Å². The zero-order valence-corrected chi connectivity index (χ0v) is 20.9. The Morgan fingerprint density at radius 1 is 1.16 bits per heavy atom. The van der Waals surface area contributed by atoms with Crippen LogP contribution in [0.5, 0.6) is 5.75 Å². The van der Waals surface area contributed by atoms with Crippen LogP contribution in [0.25, 0.3) is 11.3 Å². The molecule has 2 amide bonds. The van der Waals surface area contributed by atoms with E-state index in [1.165, 1.54) is 17.0 Å². The molecule has 1 fully saturated rings. The molecule has 5 rings (SSSR count). The van der Waals surface area contributed by atoms with Gasteiger partial charge in [0, 0.05) is 55.7 Å². The predicted molar refractivity (Wildman–Crippen MR) is 130 cm³/mol. The minimum atomic E-state index is -0.694. The highest BCUT2D eigenvalue weighted by Crippen LogP contribution is 2.38. The van der Waals surface area contributed by atoms with Gasteiger partial charge in [-0.3, -0.25) is 14.3 Å². The number of amides is 2. The van der Waals surface area contributed by atoms with E-state index in [1.54, 1.807) is 18.7 Å². The summed E-state index contributed by atoms with van der Waals surface area (Å²) in [5, 5.41) is 7.24. The first-order valence-corrected chi connectivity index (χ1v) is 12.2. The summed E-state index contributed by atoms with van der Waals surface area (Å²) >= 11 is 6.48. The second kappa shape index (κ2) is 9.74. The second-order valence-electron chi connectivity index (χ2n) is 9.37. The van der Waals surface area contributed by atoms with Crippen LogP contribution in [0.4, 0.5) is 13.2 Å². The maximum Gasteiger partial charge on any atom is 0.256 e. The maximum absolute atomic E-state index is 14.5. The monoisotopic (exact) mass is 532 g/mol. The summed E-state index contributed by atoms with van der Waals surface area (Å²) < 4.78 is 49.5. The van der Waals surface area contributed by atoms with Crippen molar-refractivity contribution >= 4 is 23.4 Å². The van der Waals surface area contributed by atoms with Crippen molar-refractivity contribution in [3.63, 3.8) is 0 Å². The summed E-state index contributed by atoms with van der Waals surface area (Å²) in [5.74, 6) is -2.68. The van der Waals surface area contributed by atoms with Crippen LogP contribution < -0.4 is 10.1 Å². The molecule has 0 unspecified atom stereocenters. The fourth-order valence-electron chi connectivity index (χ4n) is 5.04. The zero-order chi connectivity index (χ0) is 26.4. The van der Waals surface area contributed by atoms with Crippen molar-refractivity contribution in [1.29, 1.82) is 0 Å². The molecule has 1 N–H and O–H groups in total. The Balaban J connectivity index is 1.41. The lowest BCUT2D eigenvalue weighted by Gasteiger charge is -2.33. The number of aryl methyl sites for hydroxylation is 1. The Kier molecular flexibility index (Phi) is 6.61. The Bertz CT molecular complexity index is 1390. The maximum atomic E-state index is 14.5. The number of benzene rings is 2. The molecule has 1 saturated heterocycles. The molecular weight excluding hydrogens is 509 g/mol. The van der Waals surface area contributed by atoms with E-state index in [1.807, 2.05) is 0 Å². The molecule has 37 heavy (non-hydrogen) atoms. The minimum Gasteiger partial charge on any atom is -0.492 e. The lowest BCUT2D eigenvalue weighted by molar-refractivity contribution is -0.119. The number of rotatable bonds is 5. The van der Waals surface area contributed by atoms with Gasteiger partial charge in [0.05, 0.1) is 34.6 Å². The summed E-state index contributed by atoms with van der Waals surface area (Å²) in [6, 6.07) is 4.97. The van der Waals surface area contributed by atoms with Crippen LogP contribution in [-0.2, 0) is 18.3 Å². The molecule has 1 aromatic heterocycles. The standard InChI is InChI=1S/C26H24ClF3N4O3/c1-13-24-19(25(33(2)32-24)15-6-16(28)8-17(29)7-15)3-4-34(13)26(36)20-9-18(30)10-21(23(20)27)37-12-14-5-22(35)31-11-14/h6-10,13-14H,3-5,11-12H2,1-2H3,(H,31,35)/t13-,14-/m0/s1. The number of hydrogen-bond acceptors (Lipinski definition) is 4. The highest BCUT2D eigenvalue weighted by molar-refractivity contribution is 6.35. The van der Waals surface area contributed by atoms with Crippen molar-refractivity contribution in [2.75, 3.05) is 19.7 Å². The highest BCUT2D eigenvalue weighted by Gasteiger charge is 2.35. The molecule has 2 aliphatic heterocycles. The first-order chi connectivity index (χ1) is 17.6. The van der Waals surface area contributed by atoms with Gasteiger partial charge >= 0.3 is 0 Å². The van der Waals surface area contributed by atoms with Gasteiger partial charge in [0.2, 0.25) is 5.91 Å². The fraction of sp³-hybridized carbons (Fsp3) is 0.346. The number of nitrogens with one attached hydrogen (secondary N) is 1. The third kappa shape index (κ3) is 4.77. The zero-order valence-electron chi connectivity index (χ0n) is 20.2. The highest BCUT2D eigenvalue weighted by atomic mass is 35.5. The van der Waals surface area contributed by atoms with E-state index < -0.39 is 29.4 Å². The molecule has 3 aromatic rings. The molecule has 2 aromatic carbocycles. The Labute approximate surface area is 216 Å². The quantitative estimate of drug-likeness (QED) is 0.527. The van der Waals surface area contributed by atoms with E-state index in [-0.39, 0.29) is 41.3 Å². The molecule has 2 aliphatic rings. The molecule has 194 valence electrons. The number of hydrogen-bond donors (Lipinski definition) is 1. The number of aromatic nitrogens is 2. The molecule has 0 spiro atoms. The summed E-state index contributed by atoms with van der Waals surface area (Å²) in [5.41, 5.74) is 2.26. The molecule has 0 saturated carbocycles. The SMILES string of the molecule is C[C@H]1c2nn(C)c(-c3cc(F)cc(F)c3)c2CCN1C(=O)c1cc(F)cc(OC[C@@H]2CNC(=O)C2)c1Cl. The molecule has 7 nitrogen and oxygen atoms in total. The van der Waals surface area contributed by atoms with Gasteiger partial charge in [-0.1, -0.05) is 11.6 Å². The van der Waals surface area contributed by atoms with Gasteiger partial charge in [0.25, 0.3) is 5.91 Å². The van der Waals surface area contributed by atoms with E-state index in [0.29, 0.717) is 36.3 Å². The van der Waals surface area contributed by atoms with Crippen molar-refractivity contribution in [3.05, 3.63) is 69.6 Å². The van der Waals surface area contributed by atoms with Gasteiger partial charge in [0.15, 0.2) is 0 Å². The number of nitrogens with zero attached hydrogens (tertiary/aromatic N) is 3. The molecule has 3 heterocycles. The van der Waals surface area contributed by atoms with Crippen LogP contribution >= 0.6 is 11.6 Å². The second-order valence-corrected chi connectivity index (χ2v) is 9.75. The van der Waals surface area contributed by atoms with Crippen molar-refractivity contribution in [2.45, 2.75) is 25.8 Å². The first kappa shape index (κ1) is 25.1.